The molecule has 15 heavy (non-hydrogen) atoms. The van der Waals surface area contributed by atoms with Crippen LogP contribution in [0.5, 0.6) is 0 Å². The van der Waals surface area contributed by atoms with Gasteiger partial charge in [0, 0.05) is 5.92 Å². The second kappa shape index (κ2) is 9.08. The highest BCUT2D eigenvalue weighted by Crippen LogP contribution is 2.16. The van der Waals surface area contributed by atoms with Crippen molar-refractivity contribution in [3.05, 3.63) is 12.2 Å². The average Bonchev–Trinajstić information content (AvgIpc) is 2.26. The number of carbonyl (C=O) groups is 1. The van der Waals surface area contributed by atoms with Crippen LogP contribution in [-0.4, -0.2) is 18.0 Å². The van der Waals surface area contributed by atoms with E-state index < -0.39 is 0 Å². The minimum atomic E-state index is 0.226. The summed E-state index contributed by atoms with van der Waals surface area (Å²) in [6.45, 7) is 9.08. The molecule has 0 amide bonds. The topological polar surface area (TPSA) is 17.1 Å². The van der Waals surface area contributed by atoms with Crippen molar-refractivity contribution >= 4 is 23.9 Å². The number of carbonyl (C=O) groups excluding carboxylic acids is 1. The molecular weight excluding hydrogens is 203 g/mol. The minimum Gasteiger partial charge on any atom is -0.310 e. The van der Waals surface area contributed by atoms with Gasteiger partial charge in [-0.2, -0.15) is 0 Å². The van der Waals surface area contributed by atoms with Crippen molar-refractivity contribution in [2.45, 2.75) is 40.5 Å². The van der Waals surface area contributed by atoms with Gasteiger partial charge in [0.1, 0.15) is 5.68 Å². The van der Waals surface area contributed by atoms with E-state index in [4.69, 9.17) is 0 Å². The Kier molecular flexibility index (Phi) is 8.97. The first-order valence-electron chi connectivity index (χ1n) is 5.85. The summed E-state index contributed by atoms with van der Waals surface area (Å²) in [5.74, 6) is 1.81. The van der Waals surface area contributed by atoms with E-state index in [1.807, 2.05) is 6.92 Å². The summed E-state index contributed by atoms with van der Waals surface area (Å²) in [4.78, 5) is 11.7. The lowest BCUT2D eigenvalue weighted by Gasteiger charge is -2.16. The molecule has 0 N–H and O–H groups in total. The molecule has 2 atom stereocenters. The maximum absolute atomic E-state index is 11.7. The Hall–Kier alpha value is -0.175. The van der Waals surface area contributed by atoms with Crippen molar-refractivity contribution in [2.75, 3.05) is 5.75 Å². The lowest BCUT2D eigenvalue weighted by atomic mass is 9.80. The summed E-state index contributed by atoms with van der Waals surface area (Å²) in [5, 5.41) is 0. The predicted octanol–water partition coefficient (Wildman–Crippen LogP) is 3.25. The first kappa shape index (κ1) is 14.8. The number of allylic oxidation sites excluding steroid dienone is 2. The van der Waals surface area contributed by atoms with Gasteiger partial charge in [-0.15, -0.1) is 0 Å². The van der Waals surface area contributed by atoms with E-state index in [9.17, 15) is 4.79 Å². The van der Waals surface area contributed by atoms with Crippen LogP contribution < -0.4 is 0 Å². The summed E-state index contributed by atoms with van der Waals surface area (Å²) >= 11 is 1.76. The molecule has 0 radical (unpaired) electrons. The Morgan fingerprint density at radius 2 is 2.13 bits per heavy atom. The zero-order chi connectivity index (χ0) is 11.7. The number of hydrogen-bond donors (Lipinski definition) is 0. The van der Waals surface area contributed by atoms with Crippen LogP contribution in [0.15, 0.2) is 12.2 Å². The molecule has 0 saturated heterocycles. The third kappa shape index (κ3) is 6.83. The molecule has 0 aliphatic heterocycles. The van der Waals surface area contributed by atoms with Crippen LogP contribution in [0.25, 0.3) is 0 Å². The second-order valence-corrected chi connectivity index (χ2v) is 5.16. The maximum atomic E-state index is 11.7. The van der Waals surface area contributed by atoms with Gasteiger partial charge in [0.05, 0.1) is 0 Å². The van der Waals surface area contributed by atoms with Crippen molar-refractivity contribution in [3.8, 4) is 0 Å². The van der Waals surface area contributed by atoms with Gasteiger partial charge in [-0.25, -0.2) is 11.6 Å². The molecule has 0 aromatic carbocycles. The van der Waals surface area contributed by atoms with Crippen LogP contribution in [0.2, 0.25) is 0 Å². The molecule has 0 aromatic rings. The molecule has 0 fully saturated rings. The van der Waals surface area contributed by atoms with E-state index in [0.29, 0.717) is 18.2 Å². The number of rotatable bonds is 8. The van der Waals surface area contributed by atoms with Crippen LogP contribution in [0.1, 0.15) is 40.5 Å². The Labute approximate surface area is 99.2 Å². The molecular formula is C12H23BOS. The predicted molar refractivity (Wildman–Crippen MR) is 72.7 cm³/mol. The van der Waals surface area contributed by atoms with Crippen LogP contribution >= 0.6 is 11.6 Å². The molecule has 86 valence electrons. The van der Waals surface area contributed by atoms with Gasteiger partial charge in [-0.05, 0) is 25.0 Å². The smallest absolute Gasteiger partial charge is 0.271 e. The average molecular weight is 226 g/mol. The highest BCUT2D eigenvalue weighted by Gasteiger charge is 2.18. The second-order valence-electron chi connectivity index (χ2n) is 4.05. The molecule has 0 heterocycles. The summed E-state index contributed by atoms with van der Waals surface area (Å²) in [7, 11) is 0. The van der Waals surface area contributed by atoms with E-state index in [0.717, 1.165) is 18.6 Å². The third-order valence-electron chi connectivity index (χ3n) is 2.91. The molecule has 3 heteroatoms. The lowest BCUT2D eigenvalue weighted by molar-refractivity contribution is -0.116. The molecule has 0 saturated carbocycles. The zero-order valence-corrected chi connectivity index (χ0v) is 11.3. The fourth-order valence-electron chi connectivity index (χ4n) is 1.29. The van der Waals surface area contributed by atoms with Crippen LogP contribution in [0.4, 0.5) is 0 Å². The highest BCUT2D eigenvalue weighted by molar-refractivity contribution is 8.24. The van der Waals surface area contributed by atoms with Gasteiger partial charge in [0.25, 0.3) is 6.56 Å². The van der Waals surface area contributed by atoms with Gasteiger partial charge >= 0.3 is 0 Å². The lowest BCUT2D eigenvalue weighted by Crippen LogP contribution is -2.22. The first-order chi connectivity index (χ1) is 7.13. The maximum Gasteiger partial charge on any atom is 0.271 e. The van der Waals surface area contributed by atoms with E-state index in [1.54, 1.807) is 11.6 Å². The normalized spacial score (nSPS) is 15.2. The van der Waals surface area contributed by atoms with E-state index in [2.05, 4.69) is 32.9 Å². The number of hydrogen-bond acceptors (Lipinski definition) is 2. The largest absolute Gasteiger partial charge is 0.310 e. The Bertz CT molecular complexity index is 204. The van der Waals surface area contributed by atoms with E-state index >= 15 is 0 Å². The Morgan fingerprint density at radius 3 is 2.67 bits per heavy atom. The fraction of sp³-hybridized carbons (Fsp3) is 0.750. The molecule has 2 unspecified atom stereocenters. The van der Waals surface area contributed by atoms with E-state index in [-0.39, 0.29) is 5.92 Å². The van der Waals surface area contributed by atoms with Crippen LogP contribution in [0, 0.1) is 11.8 Å². The fourth-order valence-corrected chi connectivity index (χ4v) is 2.20. The van der Waals surface area contributed by atoms with Gasteiger partial charge < -0.3 is 4.79 Å². The van der Waals surface area contributed by atoms with Crippen molar-refractivity contribution in [2.24, 2.45) is 11.8 Å². The van der Waals surface area contributed by atoms with Crippen molar-refractivity contribution in [3.63, 3.8) is 0 Å². The standard InChI is InChI=1S/C12H23BOS/c1-5-7-8-9-15-13-12(14)11(4)10(3)6-2/h5,7,10-11,13H,6,8-9H2,1-4H3. The molecule has 0 aliphatic rings. The summed E-state index contributed by atoms with van der Waals surface area (Å²) in [6.07, 6.45) is 6.38. The van der Waals surface area contributed by atoms with Gasteiger partial charge in [0.15, 0.2) is 0 Å². The van der Waals surface area contributed by atoms with Gasteiger partial charge in [-0.1, -0.05) is 39.3 Å². The highest BCUT2D eigenvalue weighted by atomic mass is 32.2. The van der Waals surface area contributed by atoms with Crippen LogP contribution in [0.3, 0.4) is 0 Å². The summed E-state index contributed by atoms with van der Waals surface area (Å²) in [5.41, 5.74) is 0.412. The minimum absolute atomic E-state index is 0.226. The summed E-state index contributed by atoms with van der Waals surface area (Å²) < 4.78 is 0. The van der Waals surface area contributed by atoms with Gasteiger partial charge in [0.2, 0.25) is 0 Å². The molecule has 0 spiro atoms. The monoisotopic (exact) mass is 226 g/mol. The zero-order valence-electron chi connectivity index (χ0n) is 10.5. The molecule has 0 bridgehead atoms. The van der Waals surface area contributed by atoms with Crippen molar-refractivity contribution in [1.82, 2.24) is 0 Å². The Balaban J connectivity index is 3.64. The van der Waals surface area contributed by atoms with Crippen LogP contribution in [-0.2, 0) is 4.79 Å². The first-order valence-corrected chi connectivity index (χ1v) is 7.00. The Morgan fingerprint density at radius 1 is 1.47 bits per heavy atom. The molecule has 0 aliphatic carbocycles. The van der Waals surface area contributed by atoms with Crippen molar-refractivity contribution in [1.29, 1.82) is 0 Å². The quantitative estimate of drug-likeness (QED) is 0.359. The SMILES string of the molecule is CC=CCCSBC(=O)C(C)C(C)CC. The van der Waals surface area contributed by atoms with E-state index in [1.165, 1.54) is 0 Å². The molecule has 1 nitrogen and oxygen atoms in total. The third-order valence-corrected chi connectivity index (χ3v) is 3.93. The van der Waals surface area contributed by atoms with Gasteiger partial charge in [-0.3, -0.25) is 0 Å². The van der Waals surface area contributed by atoms with Crippen molar-refractivity contribution < 1.29 is 4.79 Å². The molecule has 0 aromatic heterocycles. The summed E-state index contributed by atoms with van der Waals surface area (Å²) in [6, 6.07) is 0. The molecule has 0 rings (SSSR count).